The lowest BCUT2D eigenvalue weighted by molar-refractivity contribution is -0.121. The first-order valence-electron chi connectivity index (χ1n) is 10.9. The maximum atomic E-state index is 13.4. The van der Waals surface area contributed by atoms with Gasteiger partial charge in [-0.1, -0.05) is 36.4 Å². The monoisotopic (exact) mass is 479 g/mol. The number of nitrogens with zero attached hydrogens (tertiary/aromatic N) is 1. The second kappa shape index (κ2) is 9.79. The molecule has 6 nitrogen and oxygen atoms in total. The van der Waals surface area contributed by atoms with Gasteiger partial charge in [-0.25, -0.2) is 17.1 Å². The number of aromatic amines is 1. The molecular weight excluding hydrogens is 453 g/mol. The van der Waals surface area contributed by atoms with Gasteiger partial charge in [-0.15, -0.1) is 0 Å². The number of H-pyrrole nitrogens is 1. The summed E-state index contributed by atoms with van der Waals surface area (Å²) in [5.41, 5.74) is 4.16. The van der Waals surface area contributed by atoms with E-state index < -0.39 is 10.0 Å². The lowest BCUT2D eigenvalue weighted by atomic mass is 10.0. The molecule has 0 saturated heterocycles. The molecule has 1 amide bonds. The van der Waals surface area contributed by atoms with E-state index in [1.165, 1.54) is 32.3 Å². The number of benzene rings is 3. The number of carbonyl (C=O) groups is 1. The normalized spacial score (nSPS) is 11.8. The number of hydrogen-bond acceptors (Lipinski definition) is 3. The van der Waals surface area contributed by atoms with Gasteiger partial charge >= 0.3 is 0 Å². The number of nitrogens with one attached hydrogen (secondary N) is 2. The summed E-state index contributed by atoms with van der Waals surface area (Å²) in [5, 5.41) is 3.86. The van der Waals surface area contributed by atoms with Crippen LogP contribution in [-0.4, -0.2) is 37.7 Å². The lowest BCUT2D eigenvalue weighted by Crippen LogP contribution is -2.27. The van der Waals surface area contributed by atoms with Crippen molar-refractivity contribution >= 4 is 26.8 Å². The molecular formula is C26H26FN3O3S. The molecule has 0 saturated carbocycles. The third-order valence-electron chi connectivity index (χ3n) is 5.76. The van der Waals surface area contributed by atoms with Crippen molar-refractivity contribution in [3.8, 4) is 11.3 Å². The predicted molar refractivity (Wildman–Crippen MR) is 131 cm³/mol. The Morgan fingerprint density at radius 3 is 2.38 bits per heavy atom. The van der Waals surface area contributed by atoms with Crippen LogP contribution in [0.5, 0.6) is 0 Å². The number of para-hydroxylation sites is 1. The molecule has 176 valence electrons. The van der Waals surface area contributed by atoms with Crippen LogP contribution in [0.2, 0.25) is 0 Å². The zero-order chi connectivity index (χ0) is 24.3. The SMILES string of the molecule is CN(C)S(=O)(=O)c1ccccc1CNC(=O)CCc1c(-c2ccc(F)cc2)[nH]c2ccccc12. The smallest absolute Gasteiger partial charge is 0.242 e. The highest BCUT2D eigenvalue weighted by Gasteiger charge is 2.21. The second-order valence-electron chi connectivity index (χ2n) is 8.20. The van der Waals surface area contributed by atoms with Gasteiger partial charge in [0.2, 0.25) is 15.9 Å². The quantitative estimate of drug-likeness (QED) is 0.391. The summed E-state index contributed by atoms with van der Waals surface area (Å²) in [5.74, 6) is -0.496. The van der Waals surface area contributed by atoms with Crippen LogP contribution in [0.25, 0.3) is 22.2 Å². The number of halogens is 1. The number of rotatable bonds is 8. The first-order valence-corrected chi connectivity index (χ1v) is 12.3. The first kappa shape index (κ1) is 23.7. The molecule has 2 N–H and O–H groups in total. The van der Waals surface area contributed by atoms with Crippen molar-refractivity contribution in [3.05, 3.63) is 89.7 Å². The molecule has 4 rings (SSSR count). The predicted octanol–water partition coefficient (Wildman–Crippen LogP) is 4.47. The molecule has 1 heterocycles. The van der Waals surface area contributed by atoms with Crippen LogP contribution in [0.1, 0.15) is 17.5 Å². The number of aromatic nitrogens is 1. The Balaban J connectivity index is 1.51. The summed E-state index contributed by atoms with van der Waals surface area (Å²) in [6, 6.07) is 20.7. The molecule has 0 aliphatic carbocycles. The van der Waals surface area contributed by atoms with E-state index in [2.05, 4.69) is 10.3 Å². The Morgan fingerprint density at radius 1 is 0.971 bits per heavy atom. The van der Waals surface area contributed by atoms with E-state index in [-0.39, 0.29) is 29.6 Å². The van der Waals surface area contributed by atoms with Crippen molar-refractivity contribution in [2.75, 3.05) is 14.1 Å². The zero-order valence-corrected chi connectivity index (χ0v) is 19.8. The fourth-order valence-corrected chi connectivity index (χ4v) is 5.06. The molecule has 4 aromatic rings. The minimum atomic E-state index is -3.62. The van der Waals surface area contributed by atoms with Crippen molar-refractivity contribution in [2.45, 2.75) is 24.3 Å². The standard InChI is InChI=1S/C26H26FN3O3S/c1-30(2)34(32,33)24-10-6-3-7-19(24)17-28-25(31)16-15-22-21-8-4-5-9-23(21)29-26(22)18-11-13-20(27)14-12-18/h3-14,29H,15-17H2,1-2H3,(H,28,31). The average molecular weight is 480 g/mol. The van der Waals surface area contributed by atoms with Crippen LogP contribution < -0.4 is 5.32 Å². The fraction of sp³-hybridized carbons (Fsp3) is 0.192. The summed E-state index contributed by atoms with van der Waals surface area (Å²) >= 11 is 0. The van der Waals surface area contributed by atoms with Crippen molar-refractivity contribution in [2.24, 2.45) is 0 Å². The number of sulfonamides is 1. The molecule has 0 unspecified atom stereocenters. The number of amides is 1. The van der Waals surface area contributed by atoms with E-state index >= 15 is 0 Å². The highest BCUT2D eigenvalue weighted by Crippen LogP contribution is 2.31. The largest absolute Gasteiger partial charge is 0.354 e. The van der Waals surface area contributed by atoms with Crippen molar-refractivity contribution in [1.82, 2.24) is 14.6 Å². The van der Waals surface area contributed by atoms with Crippen molar-refractivity contribution in [1.29, 1.82) is 0 Å². The molecule has 0 spiro atoms. The van der Waals surface area contributed by atoms with Crippen LogP contribution >= 0.6 is 0 Å². The number of aryl methyl sites for hydroxylation is 1. The molecule has 0 atom stereocenters. The van der Waals surface area contributed by atoms with Gasteiger partial charge in [-0.3, -0.25) is 4.79 Å². The molecule has 0 radical (unpaired) electrons. The van der Waals surface area contributed by atoms with Gasteiger partial charge in [0.05, 0.1) is 4.90 Å². The molecule has 0 aliphatic rings. The van der Waals surface area contributed by atoms with Gasteiger partial charge in [0.15, 0.2) is 0 Å². The Labute approximate surface area is 198 Å². The summed E-state index contributed by atoms with van der Waals surface area (Å²) in [6.07, 6.45) is 0.693. The summed E-state index contributed by atoms with van der Waals surface area (Å²) in [7, 11) is -0.662. The Hall–Kier alpha value is -3.49. The van der Waals surface area contributed by atoms with Gasteiger partial charge < -0.3 is 10.3 Å². The van der Waals surface area contributed by atoms with Gasteiger partial charge in [-0.05, 0) is 59.5 Å². The molecule has 3 aromatic carbocycles. The average Bonchev–Trinajstić information content (AvgIpc) is 3.20. The third kappa shape index (κ3) is 4.88. The maximum Gasteiger partial charge on any atom is 0.242 e. The van der Waals surface area contributed by atoms with Crippen LogP contribution in [0.15, 0.2) is 77.7 Å². The van der Waals surface area contributed by atoms with Crippen LogP contribution in [-0.2, 0) is 27.8 Å². The minimum Gasteiger partial charge on any atom is -0.354 e. The van der Waals surface area contributed by atoms with Gasteiger partial charge in [0, 0.05) is 43.7 Å². The van der Waals surface area contributed by atoms with E-state index in [1.807, 2.05) is 24.3 Å². The number of fused-ring (bicyclic) bond motifs is 1. The molecule has 0 bridgehead atoms. The van der Waals surface area contributed by atoms with E-state index in [9.17, 15) is 17.6 Å². The number of hydrogen-bond donors (Lipinski definition) is 2. The second-order valence-corrected chi connectivity index (χ2v) is 10.3. The summed E-state index contributed by atoms with van der Waals surface area (Å²) in [4.78, 5) is 16.3. The van der Waals surface area contributed by atoms with Gasteiger partial charge in [0.1, 0.15) is 5.82 Å². The third-order valence-corrected chi connectivity index (χ3v) is 7.67. The first-order chi connectivity index (χ1) is 16.3. The van der Waals surface area contributed by atoms with Crippen LogP contribution in [0.3, 0.4) is 0 Å². The zero-order valence-electron chi connectivity index (χ0n) is 19.0. The van der Waals surface area contributed by atoms with E-state index in [0.717, 1.165) is 32.0 Å². The van der Waals surface area contributed by atoms with Crippen LogP contribution in [0.4, 0.5) is 4.39 Å². The van der Waals surface area contributed by atoms with Crippen LogP contribution in [0, 0.1) is 5.82 Å². The van der Waals surface area contributed by atoms with E-state index in [1.54, 1.807) is 30.3 Å². The molecule has 0 fully saturated rings. The van der Waals surface area contributed by atoms with Crippen molar-refractivity contribution < 1.29 is 17.6 Å². The van der Waals surface area contributed by atoms with E-state index in [0.29, 0.717) is 12.0 Å². The summed E-state index contributed by atoms with van der Waals surface area (Å²) < 4.78 is 39.7. The Kier molecular flexibility index (Phi) is 6.81. The molecule has 0 aliphatic heterocycles. The van der Waals surface area contributed by atoms with Gasteiger partial charge in [0.25, 0.3) is 0 Å². The molecule has 34 heavy (non-hydrogen) atoms. The topological polar surface area (TPSA) is 82.3 Å². The summed E-state index contributed by atoms with van der Waals surface area (Å²) in [6.45, 7) is 0.112. The highest BCUT2D eigenvalue weighted by atomic mass is 32.2. The molecule has 1 aromatic heterocycles. The molecule has 8 heteroatoms. The fourth-order valence-electron chi connectivity index (χ4n) is 3.94. The maximum absolute atomic E-state index is 13.4. The van der Waals surface area contributed by atoms with E-state index in [4.69, 9.17) is 0 Å². The highest BCUT2D eigenvalue weighted by molar-refractivity contribution is 7.89. The number of carbonyl (C=O) groups excluding carboxylic acids is 1. The Bertz CT molecular complexity index is 1430. The van der Waals surface area contributed by atoms with Gasteiger partial charge in [-0.2, -0.15) is 0 Å². The lowest BCUT2D eigenvalue weighted by Gasteiger charge is -2.15. The van der Waals surface area contributed by atoms with Crippen molar-refractivity contribution in [3.63, 3.8) is 0 Å². The minimum absolute atomic E-state index is 0.112. The Morgan fingerprint density at radius 2 is 1.65 bits per heavy atom.